The van der Waals surface area contributed by atoms with Crippen LogP contribution in [0.25, 0.3) is 0 Å². The molecule has 0 aromatic carbocycles. The molecule has 1 unspecified atom stereocenters. The zero-order valence-electron chi connectivity index (χ0n) is 15.2. The van der Waals surface area contributed by atoms with Gasteiger partial charge in [0.1, 0.15) is 12.8 Å². The van der Waals surface area contributed by atoms with Crippen molar-refractivity contribution in [2.45, 2.75) is 122 Å². The van der Waals surface area contributed by atoms with E-state index in [9.17, 15) is 4.79 Å². The largest absolute Gasteiger partial charge is 0.382 e. The highest BCUT2D eigenvalue weighted by Gasteiger charge is 2.16. The van der Waals surface area contributed by atoms with Gasteiger partial charge in [-0.1, -0.05) is 110 Å². The molecule has 1 N–H and O–H groups in total. The summed E-state index contributed by atoms with van der Waals surface area (Å²) in [6, 6.07) is 0. The van der Waals surface area contributed by atoms with Crippen LogP contribution in [0.4, 0.5) is 0 Å². The lowest BCUT2D eigenvalue weighted by Gasteiger charge is -2.19. The number of methoxy groups -OCH3 is 2. The molecule has 0 spiro atoms. The van der Waals surface area contributed by atoms with Crippen LogP contribution in [0.1, 0.15) is 116 Å². The van der Waals surface area contributed by atoms with Gasteiger partial charge in [-0.3, -0.25) is 4.79 Å². The van der Waals surface area contributed by atoms with Crippen LogP contribution in [-0.2, 0) is 28.5 Å². The van der Waals surface area contributed by atoms with E-state index in [1.54, 1.807) is 14.2 Å². The van der Waals surface area contributed by atoms with Crippen LogP contribution in [0.3, 0.4) is 0 Å². The first kappa shape index (κ1) is 83.8. The molecule has 0 rings (SSSR count). The molecule has 0 saturated heterocycles. The Morgan fingerprint density at radius 3 is 1.46 bits per heavy atom. The van der Waals surface area contributed by atoms with Crippen molar-refractivity contribution in [1.82, 2.24) is 5.32 Å². The summed E-state index contributed by atoms with van der Waals surface area (Å²) in [5.41, 5.74) is -0.0366. The molecule has 0 saturated carbocycles. The zero-order chi connectivity index (χ0) is 17.6. The van der Waals surface area contributed by atoms with E-state index >= 15 is 0 Å². The number of hydrogen-bond acceptors (Lipinski definition) is 6. The summed E-state index contributed by atoms with van der Waals surface area (Å²) in [6.45, 7) is 8.98. The standard InChI is InChI=1S/C16H33NO6.12CH4/c1-16(2,3)10-15(18)17-13-22-12-14(23-9-7-20-5)11-21-8-6-19-4;;;;;;;;;;;;/h14H,6-13H2,1-5H3,(H,17,18);12*1H4. The summed E-state index contributed by atoms with van der Waals surface area (Å²) in [5, 5.41) is 2.74. The fourth-order valence-corrected chi connectivity index (χ4v) is 1.67. The minimum Gasteiger partial charge on any atom is -0.382 e. The lowest BCUT2D eigenvalue weighted by molar-refractivity contribution is -0.125. The summed E-state index contributed by atoms with van der Waals surface area (Å²) >= 11 is 0. The number of nitrogens with one attached hydrogen (secondary N) is 1. The number of amides is 1. The van der Waals surface area contributed by atoms with E-state index < -0.39 is 0 Å². The average molecular weight is 528 g/mol. The first-order valence-corrected chi connectivity index (χ1v) is 7.90. The fourth-order valence-electron chi connectivity index (χ4n) is 1.67. The van der Waals surface area contributed by atoms with Crippen molar-refractivity contribution in [2.24, 2.45) is 5.41 Å². The monoisotopic (exact) mass is 528 g/mol. The van der Waals surface area contributed by atoms with E-state index in [0.29, 0.717) is 46.1 Å². The lowest BCUT2D eigenvalue weighted by atomic mass is 9.92. The quantitative estimate of drug-likeness (QED) is 0.180. The Morgan fingerprint density at radius 1 is 0.657 bits per heavy atom. The van der Waals surface area contributed by atoms with Gasteiger partial charge in [-0.25, -0.2) is 0 Å². The fraction of sp³-hybridized carbons (Fsp3) is 0.964. The van der Waals surface area contributed by atoms with Crippen molar-refractivity contribution in [3.8, 4) is 0 Å². The van der Waals surface area contributed by atoms with Gasteiger partial charge < -0.3 is 29.0 Å². The van der Waals surface area contributed by atoms with Crippen molar-refractivity contribution in [1.29, 1.82) is 0 Å². The minimum atomic E-state index is -0.207. The molecule has 1 amide bonds. The smallest absolute Gasteiger partial charge is 0.222 e. The Hall–Kier alpha value is -0.730. The average Bonchev–Trinajstić information content (AvgIpc) is 2.45. The molecule has 0 fully saturated rings. The summed E-state index contributed by atoms with van der Waals surface area (Å²) in [5.74, 6) is -0.0225. The third kappa shape index (κ3) is 65.6. The normalized spacial score (nSPS) is 8.60. The van der Waals surface area contributed by atoms with E-state index in [0.717, 1.165) is 0 Å². The lowest BCUT2D eigenvalue weighted by Crippen LogP contribution is -2.33. The Morgan fingerprint density at radius 2 is 1.06 bits per heavy atom. The van der Waals surface area contributed by atoms with Crippen LogP contribution >= 0.6 is 0 Å². The van der Waals surface area contributed by atoms with E-state index in [-0.39, 0.29) is 113 Å². The van der Waals surface area contributed by atoms with Gasteiger partial charge >= 0.3 is 0 Å². The predicted molar refractivity (Wildman–Crippen MR) is 168 cm³/mol. The van der Waals surface area contributed by atoms with Crippen molar-refractivity contribution in [2.75, 3.05) is 60.6 Å². The van der Waals surface area contributed by atoms with E-state index in [2.05, 4.69) is 5.32 Å². The van der Waals surface area contributed by atoms with Gasteiger partial charge in [0.15, 0.2) is 0 Å². The van der Waals surface area contributed by atoms with Gasteiger partial charge in [0.25, 0.3) is 0 Å². The first-order valence-electron chi connectivity index (χ1n) is 7.90. The van der Waals surface area contributed by atoms with E-state index in [1.807, 2.05) is 20.8 Å². The second-order valence-electron chi connectivity index (χ2n) is 6.41. The van der Waals surface area contributed by atoms with Crippen molar-refractivity contribution in [3.63, 3.8) is 0 Å². The number of carbonyl (C=O) groups excluding carboxylic acids is 1. The summed E-state index contributed by atoms with van der Waals surface area (Å²) in [6.07, 6.45) is 0.256. The highest BCUT2D eigenvalue weighted by atomic mass is 16.6. The molecule has 0 bridgehead atoms. The van der Waals surface area contributed by atoms with Gasteiger partial charge in [0, 0.05) is 20.6 Å². The molecule has 0 aromatic heterocycles. The molecule has 35 heavy (non-hydrogen) atoms. The van der Waals surface area contributed by atoms with E-state index in [1.165, 1.54) is 0 Å². The second-order valence-corrected chi connectivity index (χ2v) is 6.41. The third-order valence-electron chi connectivity index (χ3n) is 2.74. The minimum absolute atomic E-state index is 0. The van der Waals surface area contributed by atoms with Gasteiger partial charge in [-0.15, -0.1) is 0 Å². The highest BCUT2D eigenvalue weighted by Crippen LogP contribution is 2.17. The van der Waals surface area contributed by atoms with Crippen LogP contribution in [0.2, 0.25) is 0 Å². The van der Waals surface area contributed by atoms with Crippen molar-refractivity contribution >= 4 is 5.91 Å². The molecule has 1 atom stereocenters. The predicted octanol–water partition coefficient (Wildman–Crippen LogP) is 8.84. The Balaban J connectivity index is -0.0000000367. The summed E-state index contributed by atoms with van der Waals surface area (Å²) < 4.78 is 26.4. The van der Waals surface area contributed by atoms with Gasteiger partial charge in [0.2, 0.25) is 5.91 Å². The van der Waals surface area contributed by atoms with Crippen molar-refractivity contribution in [3.05, 3.63) is 0 Å². The topological polar surface area (TPSA) is 75.2 Å². The summed E-state index contributed by atoms with van der Waals surface area (Å²) in [7, 11) is 3.24. The molecular weight excluding hydrogens is 446 g/mol. The molecule has 0 aliphatic carbocycles. The van der Waals surface area contributed by atoms with Crippen LogP contribution < -0.4 is 5.32 Å². The molecule has 7 nitrogen and oxygen atoms in total. The molecule has 0 aromatic rings. The molecule has 0 heterocycles. The Bertz CT molecular complexity index is 298. The van der Waals surface area contributed by atoms with Gasteiger partial charge in [0.05, 0.1) is 39.6 Å². The number of rotatable bonds is 14. The molecule has 0 radical (unpaired) electrons. The maximum absolute atomic E-state index is 11.7. The third-order valence-corrected chi connectivity index (χ3v) is 2.74. The Kier molecular flexibility index (Phi) is 130. The zero-order valence-corrected chi connectivity index (χ0v) is 15.2. The van der Waals surface area contributed by atoms with Crippen LogP contribution in [-0.4, -0.2) is 72.6 Å². The second kappa shape index (κ2) is 54.3. The van der Waals surface area contributed by atoms with Gasteiger partial charge in [-0.05, 0) is 5.41 Å². The molecule has 7 heteroatoms. The molecule has 234 valence electrons. The van der Waals surface area contributed by atoms with Crippen LogP contribution in [0, 0.1) is 5.41 Å². The van der Waals surface area contributed by atoms with Crippen molar-refractivity contribution < 1.29 is 28.5 Å². The maximum Gasteiger partial charge on any atom is 0.222 e. The molecule has 0 aliphatic rings. The van der Waals surface area contributed by atoms with Gasteiger partial charge in [-0.2, -0.15) is 0 Å². The maximum atomic E-state index is 11.7. The number of carbonyl (C=O) groups is 1. The molecular formula is C28H81NO6. The van der Waals surface area contributed by atoms with Crippen LogP contribution in [0.5, 0.6) is 0 Å². The van der Waals surface area contributed by atoms with E-state index in [4.69, 9.17) is 23.7 Å². The highest BCUT2D eigenvalue weighted by molar-refractivity contribution is 5.76. The number of hydrogen-bond donors (Lipinski definition) is 1. The summed E-state index contributed by atoms with van der Waals surface area (Å²) in [4.78, 5) is 11.7. The first-order chi connectivity index (χ1) is 10.9. The molecule has 0 aliphatic heterocycles. The van der Waals surface area contributed by atoms with Crippen LogP contribution in [0.15, 0.2) is 0 Å². The number of ether oxygens (including phenoxy) is 5. The Labute approximate surface area is 228 Å². The SMILES string of the molecule is C.C.C.C.C.C.C.C.C.C.C.C.COCCOCC(COCNC(=O)CC(C)(C)C)OCCOC.